The van der Waals surface area contributed by atoms with Gasteiger partial charge in [-0.1, -0.05) is 0 Å². The van der Waals surface area contributed by atoms with E-state index in [1.54, 1.807) is 22.7 Å². The van der Waals surface area contributed by atoms with Crippen LogP contribution in [0.25, 0.3) is 0 Å². The number of hydrogen-bond acceptors (Lipinski definition) is 5. The number of carbonyl (C=O) groups is 2. The number of nitriles is 1. The fourth-order valence-corrected chi connectivity index (χ4v) is 3.93. The first-order valence-corrected chi connectivity index (χ1v) is 8.34. The maximum atomic E-state index is 12.4. The molecule has 2 aromatic rings. The number of rotatable bonds is 2. The van der Waals surface area contributed by atoms with Crippen LogP contribution < -0.4 is 5.32 Å². The molecule has 3 heterocycles. The Morgan fingerprint density at radius 3 is 2.79 bits per heavy atom. The van der Waals surface area contributed by atoms with Crippen LogP contribution in [0.2, 0.25) is 0 Å². The van der Waals surface area contributed by atoms with Crippen molar-refractivity contribution >= 4 is 28.2 Å². The van der Waals surface area contributed by atoms with E-state index in [0.29, 0.717) is 35.8 Å². The first-order valence-electron chi connectivity index (χ1n) is 7.53. The van der Waals surface area contributed by atoms with Crippen LogP contribution >= 0.6 is 11.3 Å². The highest BCUT2D eigenvalue weighted by molar-refractivity contribution is 7.16. The third kappa shape index (κ3) is 2.78. The van der Waals surface area contributed by atoms with E-state index in [1.807, 2.05) is 6.92 Å². The van der Waals surface area contributed by atoms with Crippen molar-refractivity contribution in [1.29, 1.82) is 5.26 Å². The molecule has 0 aliphatic carbocycles. The van der Waals surface area contributed by atoms with Crippen LogP contribution in [-0.2, 0) is 24.8 Å². The highest BCUT2D eigenvalue weighted by atomic mass is 32.1. The standard InChI is InChI=1S/C16H17N5O2S/c1-9-6-13(19-20(9)3)15(23)18-16-12(7-17)11-4-5-21(10(2)22)8-14(11)24-16/h6H,4-5,8H2,1-3H3,(H,18,23). The molecule has 24 heavy (non-hydrogen) atoms. The van der Waals surface area contributed by atoms with Gasteiger partial charge in [-0.25, -0.2) is 0 Å². The van der Waals surface area contributed by atoms with Crippen molar-refractivity contribution < 1.29 is 9.59 Å². The molecule has 2 aromatic heterocycles. The second kappa shape index (κ2) is 6.09. The molecule has 0 saturated heterocycles. The first kappa shape index (κ1) is 16.2. The fourth-order valence-electron chi connectivity index (χ4n) is 2.72. The molecular formula is C16H17N5O2S. The summed E-state index contributed by atoms with van der Waals surface area (Å²) in [5.74, 6) is -0.320. The lowest BCUT2D eigenvalue weighted by atomic mass is 10.0. The second-order valence-electron chi connectivity index (χ2n) is 5.76. The number of aryl methyl sites for hydroxylation is 2. The zero-order valence-electron chi connectivity index (χ0n) is 13.7. The Kier molecular flexibility index (Phi) is 4.11. The van der Waals surface area contributed by atoms with Crippen LogP contribution in [0.5, 0.6) is 0 Å². The molecule has 0 bridgehead atoms. The largest absolute Gasteiger partial charge is 0.337 e. The van der Waals surface area contributed by atoms with E-state index in [-0.39, 0.29) is 11.8 Å². The van der Waals surface area contributed by atoms with E-state index in [9.17, 15) is 14.9 Å². The van der Waals surface area contributed by atoms with E-state index in [1.165, 1.54) is 18.3 Å². The van der Waals surface area contributed by atoms with Gasteiger partial charge in [0.25, 0.3) is 5.91 Å². The summed E-state index contributed by atoms with van der Waals surface area (Å²) in [4.78, 5) is 26.6. The molecule has 1 aliphatic rings. The molecule has 124 valence electrons. The first-order chi connectivity index (χ1) is 11.4. The van der Waals surface area contributed by atoms with Crippen molar-refractivity contribution in [3.05, 3.63) is 33.5 Å². The zero-order valence-corrected chi connectivity index (χ0v) is 14.5. The molecule has 0 atom stereocenters. The Hall–Kier alpha value is -2.66. The van der Waals surface area contributed by atoms with Gasteiger partial charge in [0.15, 0.2) is 5.69 Å². The van der Waals surface area contributed by atoms with Gasteiger partial charge in [-0.15, -0.1) is 11.3 Å². The normalized spacial score (nSPS) is 13.3. The molecule has 1 aliphatic heterocycles. The predicted octanol–water partition coefficient (Wildman–Crippen LogP) is 1.82. The fraction of sp³-hybridized carbons (Fsp3) is 0.375. The lowest BCUT2D eigenvalue weighted by Gasteiger charge is -2.25. The topological polar surface area (TPSA) is 91.0 Å². The predicted molar refractivity (Wildman–Crippen MR) is 89.7 cm³/mol. The van der Waals surface area contributed by atoms with Crippen molar-refractivity contribution in [2.75, 3.05) is 11.9 Å². The van der Waals surface area contributed by atoms with Gasteiger partial charge in [-0.2, -0.15) is 10.4 Å². The van der Waals surface area contributed by atoms with Crippen LogP contribution in [0.1, 0.15) is 39.1 Å². The van der Waals surface area contributed by atoms with Crippen molar-refractivity contribution in [2.24, 2.45) is 7.05 Å². The van der Waals surface area contributed by atoms with Crippen molar-refractivity contribution in [2.45, 2.75) is 26.8 Å². The number of anilines is 1. The lowest BCUT2D eigenvalue weighted by Crippen LogP contribution is -2.33. The van der Waals surface area contributed by atoms with Crippen molar-refractivity contribution in [1.82, 2.24) is 14.7 Å². The number of hydrogen-bond donors (Lipinski definition) is 1. The monoisotopic (exact) mass is 343 g/mol. The molecule has 0 aromatic carbocycles. The molecule has 7 nitrogen and oxygen atoms in total. The van der Waals surface area contributed by atoms with Crippen LogP contribution in [0.15, 0.2) is 6.07 Å². The average Bonchev–Trinajstić information content (AvgIpc) is 3.06. The smallest absolute Gasteiger partial charge is 0.276 e. The molecule has 0 radical (unpaired) electrons. The summed E-state index contributed by atoms with van der Waals surface area (Å²) < 4.78 is 1.63. The van der Waals surface area contributed by atoms with Crippen molar-refractivity contribution in [3.63, 3.8) is 0 Å². The van der Waals surface area contributed by atoms with Gasteiger partial charge in [-0.05, 0) is 25.0 Å². The SMILES string of the molecule is CC(=O)N1CCc2c(sc(NC(=O)c3cc(C)n(C)n3)c2C#N)C1. The van der Waals surface area contributed by atoms with Gasteiger partial charge in [0.05, 0.1) is 12.1 Å². The minimum absolute atomic E-state index is 0.0158. The summed E-state index contributed by atoms with van der Waals surface area (Å²) in [6.07, 6.45) is 0.632. The van der Waals surface area contributed by atoms with Crippen molar-refractivity contribution in [3.8, 4) is 6.07 Å². The third-order valence-corrected chi connectivity index (χ3v) is 5.32. The van der Waals surface area contributed by atoms with Gasteiger partial charge in [-0.3, -0.25) is 14.3 Å². The number of amides is 2. The third-order valence-electron chi connectivity index (χ3n) is 4.19. The van der Waals surface area contributed by atoms with E-state index in [4.69, 9.17) is 0 Å². The number of thiophene rings is 1. The highest BCUT2D eigenvalue weighted by Gasteiger charge is 2.26. The molecule has 8 heteroatoms. The summed E-state index contributed by atoms with van der Waals surface area (Å²) in [5, 5.41) is 17.0. The van der Waals surface area contributed by atoms with Crippen LogP contribution in [0.3, 0.4) is 0 Å². The average molecular weight is 343 g/mol. The number of fused-ring (bicyclic) bond motifs is 1. The number of aromatic nitrogens is 2. The summed E-state index contributed by atoms with van der Waals surface area (Å²) in [5.41, 5.74) is 2.63. The molecule has 0 unspecified atom stereocenters. The van der Waals surface area contributed by atoms with Gasteiger partial charge in [0.1, 0.15) is 11.1 Å². The van der Waals surface area contributed by atoms with E-state index >= 15 is 0 Å². The molecule has 1 N–H and O–H groups in total. The Labute approximate surface area is 143 Å². The van der Waals surface area contributed by atoms with E-state index in [0.717, 1.165) is 16.1 Å². The summed E-state index contributed by atoms with van der Waals surface area (Å²) in [6.45, 7) is 4.49. The van der Waals surface area contributed by atoms with E-state index < -0.39 is 0 Å². The summed E-state index contributed by atoms with van der Waals surface area (Å²) in [7, 11) is 1.77. The van der Waals surface area contributed by atoms with Crippen LogP contribution in [0, 0.1) is 18.3 Å². The highest BCUT2D eigenvalue weighted by Crippen LogP contribution is 2.36. The molecule has 0 saturated carbocycles. The molecular weight excluding hydrogens is 326 g/mol. The maximum absolute atomic E-state index is 12.4. The minimum Gasteiger partial charge on any atom is -0.337 e. The van der Waals surface area contributed by atoms with E-state index in [2.05, 4.69) is 16.5 Å². The maximum Gasteiger partial charge on any atom is 0.276 e. The van der Waals surface area contributed by atoms with Crippen LogP contribution in [-0.4, -0.2) is 33.0 Å². The Bertz CT molecular complexity index is 854. The zero-order chi connectivity index (χ0) is 17.4. The van der Waals surface area contributed by atoms with Gasteiger partial charge in [0.2, 0.25) is 5.91 Å². The molecule has 3 rings (SSSR count). The molecule has 0 spiro atoms. The molecule has 0 fully saturated rings. The minimum atomic E-state index is -0.336. The number of carbonyl (C=O) groups excluding carboxylic acids is 2. The van der Waals surface area contributed by atoms with Gasteiger partial charge in [0, 0.05) is 31.1 Å². The second-order valence-corrected chi connectivity index (χ2v) is 6.86. The van der Waals surface area contributed by atoms with Gasteiger partial charge < -0.3 is 10.2 Å². The Morgan fingerprint density at radius 2 is 2.21 bits per heavy atom. The van der Waals surface area contributed by atoms with Crippen LogP contribution in [0.4, 0.5) is 5.00 Å². The van der Waals surface area contributed by atoms with Gasteiger partial charge >= 0.3 is 0 Å². The summed E-state index contributed by atoms with van der Waals surface area (Å²) in [6, 6.07) is 3.89. The Balaban J connectivity index is 1.88. The Morgan fingerprint density at radius 1 is 1.46 bits per heavy atom. The number of nitrogens with one attached hydrogen (secondary N) is 1. The molecule has 2 amide bonds. The summed E-state index contributed by atoms with van der Waals surface area (Å²) >= 11 is 1.36. The number of nitrogens with zero attached hydrogens (tertiary/aromatic N) is 4. The lowest BCUT2D eigenvalue weighted by molar-refractivity contribution is -0.129. The quantitative estimate of drug-likeness (QED) is 0.900.